The predicted octanol–water partition coefficient (Wildman–Crippen LogP) is 2.25. The van der Waals surface area contributed by atoms with Crippen molar-refractivity contribution in [3.63, 3.8) is 0 Å². The van der Waals surface area contributed by atoms with Gasteiger partial charge in [-0.25, -0.2) is 4.39 Å². The fourth-order valence-corrected chi connectivity index (χ4v) is 2.12. The van der Waals surface area contributed by atoms with Gasteiger partial charge in [0.25, 0.3) is 0 Å². The van der Waals surface area contributed by atoms with Crippen LogP contribution in [0, 0.1) is 5.82 Å². The predicted molar refractivity (Wildman–Crippen MR) is 64.0 cm³/mol. The normalized spacial score (nSPS) is 19.1. The number of benzene rings is 1. The van der Waals surface area contributed by atoms with E-state index >= 15 is 0 Å². The molecule has 0 spiro atoms. The molecule has 0 bridgehead atoms. The second kappa shape index (κ2) is 4.45. The van der Waals surface area contributed by atoms with Crippen LogP contribution in [0.15, 0.2) is 18.2 Å². The molecule has 0 radical (unpaired) electrons. The highest BCUT2D eigenvalue weighted by Crippen LogP contribution is 2.29. The van der Waals surface area contributed by atoms with Crippen molar-refractivity contribution in [2.24, 2.45) is 0 Å². The number of carbonyl (C=O) groups is 1. The van der Waals surface area contributed by atoms with Crippen molar-refractivity contribution in [3.8, 4) is 0 Å². The monoisotopic (exact) mass is 237 g/mol. The number of hydrogen-bond acceptors (Lipinski definition) is 3. The van der Waals surface area contributed by atoms with Crippen LogP contribution in [0.3, 0.4) is 0 Å². The van der Waals surface area contributed by atoms with Crippen molar-refractivity contribution in [1.29, 1.82) is 0 Å². The largest absolute Gasteiger partial charge is 0.377 e. The summed E-state index contributed by atoms with van der Waals surface area (Å²) in [6.07, 6.45) is 0.650. The van der Waals surface area contributed by atoms with Gasteiger partial charge in [0.2, 0.25) is 0 Å². The van der Waals surface area contributed by atoms with E-state index in [2.05, 4.69) is 0 Å². The molecule has 1 heterocycles. The third-order valence-electron chi connectivity index (χ3n) is 3.04. The third-order valence-corrected chi connectivity index (χ3v) is 3.04. The number of carbonyl (C=O) groups excluding carboxylic acids is 1. The molecule has 1 aromatic carbocycles. The van der Waals surface area contributed by atoms with Crippen molar-refractivity contribution < 1.29 is 13.9 Å². The molecule has 17 heavy (non-hydrogen) atoms. The number of morpholine rings is 1. The first-order chi connectivity index (χ1) is 8.04. The Balaban J connectivity index is 2.35. The molecule has 4 heteroatoms. The Hall–Kier alpha value is -1.42. The van der Waals surface area contributed by atoms with E-state index in [1.54, 1.807) is 12.1 Å². The van der Waals surface area contributed by atoms with Gasteiger partial charge in [0.15, 0.2) is 0 Å². The van der Waals surface area contributed by atoms with Crippen LogP contribution >= 0.6 is 0 Å². The summed E-state index contributed by atoms with van der Waals surface area (Å²) in [5, 5.41) is 0. The van der Waals surface area contributed by atoms with Gasteiger partial charge in [-0.2, -0.15) is 0 Å². The quantitative estimate of drug-likeness (QED) is 0.739. The molecule has 1 aliphatic rings. The number of ether oxygens (including phenoxy) is 1. The van der Waals surface area contributed by atoms with E-state index in [1.165, 1.54) is 6.07 Å². The zero-order valence-corrected chi connectivity index (χ0v) is 10.1. The molecule has 1 aliphatic heterocycles. The van der Waals surface area contributed by atoms with Crippen molar-refractivity contribution in [2.45, 2.75) is 19.4 Å². The summed E-state index contributed by atoms with van der Waals surface area (Å²) in [5.74, 6) is -0.357. The summed E-state index contributed by atoms with van der Waals surface area (Å²) in [4.78, 5) is 12.6. The molecule has 1 fully saturated rings. The molecular weight excluding hydrogens is 221 g/mol. The zero-order valence-electron chi connectivity index (χ0n) is 10.1. The van der Waals surface area contributed by atoms with Crippen molar-refractivity contribution in [1.82, 2.24) is 0 Å². The second-order valence-corrected chi connectivity index (χ2v) is 4.85. The summed E-state index contributed by atoms with van der Waals surface area (Å²) >= 11 is 0. The van der Waals surface area contributed by atoms with Crippen LogP contribution < -0.4 is 4.90 Å². The van der Waals surface area contributed by atoms with Gasteiger partial charge in [0, 0.05) is 12.1 Å². The maximum absolute atomic E-state index is 13.9. The first-order valence-electron chi connectivity index (χ1n) is 5.65. The Kier molecular flexibility index (Phi) is 3.15. The molecule has 0 aromatic heterocycles. The number of anilines is 1. The van der Waals surface area contributed by atoms with Gasteiger partial charge >= 0.3 is 0 Å². The van der Waals surface area contributed by atoms with Gasteiger partial charge in [-0.3, -0.25) is 4.79 Å². The summed E-state index contributed by atoms with van der Waals surface area (Å²) in [6.45, 7) is 5.85. The van der Waals surface area contributed by atoms with Crippen molar-refractivity contribution >= 4 is 12.0 Å². The van der Waals surface area contributed by atoms with Crippen LogP contribution in [0.2, 0.25) is 0 Å². The summed E-state index contributed by atoms with van der Waals surface area (Å²) < 4.78 is 19.3. The van der Waals surface area contributed by atoms with E-state index in [9.17, 15) is 9.18 Å². The second-order valence-electron chi connectivity index (χ2n) is 4.85. The molecule has 3 nitrogen and oxygen atoms in total. The Morgan fingerprint density at radius 1 is 1.47 bits per heavy atom. The van der Waals surface area contributed by atoms with E-state index in [-0.39, 0.29) is 11.4 Å². The number of hydrogen-bond donors (Lipinski definition) is 0. The highest BCUT2D eigenvalue weighted by molar-refractivity contribution is 5.76. The molecular formula is C13H16FNO2. The van der Waals surface area contributed by atoms with Gasteiger partial charge in [-0.15, -0.1) is 0 Å². The van der Waals surface area contributed by atoms with Gasteiger partial charge < -0.3 is 9.64 Å². The van der Waals surface area contributed by atoms with Crippen LogP contribution in [0.5, 0.6) is 0 Å². The van der Waals surface area contributed by atoms with E-state index in [0.29, 0.717) is 37.3 Å². The minimum Gasteiger partial charge on any atom is -0.377 e. The lowest BCUT2D eigenvalue weighted by Gasteiger charge is -2.43. The van der Waals surface area contributed by atoms with Crippen molar-refractivity contribution in [2.75, 3.05) is 24.7 Å². The maximum Gasteiger partial charge on any atom is 0.150 e. The Morgan fingerprint density at radius 3 is 2.82 bits per heavy atom. The molecule has 0 unspecified atom stereocenters. The fourth-order valence-electron chi connectivity index (χ4n) is 2.12. The molecule has 0 N–H and O–H groups in total. The van der Waals surface area contributed by atoms with E-state index in [1.807, 2.05) is 18.7 Å². The lowest BCUT2D eigenvalue weighted by atomic mass is 10.0. The highest BCUT2D eigenvalue weighted by Gasteiger charge is 2.32. The van der Waals surface area contributed by atoms with E-state index < -0.39 is 0 Å². The Labute approximate surface area is 100 Å². The number of rotatable bonds is 2. The lowest BCUT2D eigenvalue weighted by Crippen LogP contribution is -2.53. The minimum absolute atomic E-state index is 0.234. The van der Waals surface area contributed by atoms with Crippen LogP contribution in [-0.2, 0) is 4.74 Å². The summed E-state index contributed by atoms with van der Waals surface area (Å²) in [5.41, 5.74) is 0.656. The molecule has 2 rings (SSSR count). The lowest BCUT2D eigenvalue weighted by molar-refractivity contribution is 0.0640. The molecule has 1 saturated heterocycles. The first-order valence-corrected chi connectivity index (χ1v) is 5.65. The summed E-state index contributed by atoms with van der Waals surface area (Å²) in [6, 6.07) is 4.57. The van der Waals surface area contributed by atoms with Crippen LogP contribution in [0.25, 0.3) is 0 Å². The van der Waals surface area contributed by atoms with Gasteiger partial charge in [0.1, 0.15) is 12.1 Å². The standard InChI is InChI=1S/C13H16FNO2/c1-13(2)9-17-6-5-15(13)12-4-3-10(8-16)7-11(12)14/h3-4,7-8H,5-6,9H2,1-2H3. The van der Waals surface area contributed by atoms with Gasteiger partial charge in [-0.05, 0) is 32.0 Å². The summed E-state index contributed by atoms with van der Waals surface area (Å²) in [7, 11) is 0. The Bertz CT molecular complexity index is 431. The zero-order chi connectivity index (χ0) is 12.5. The highest BCUT2D eigenvalue weighted by atomic mass is 19.1. The van der Waals surface area contributed by atoms with Crippen molar-refractivity contribution in [3.05, 3.63) is 29.6 Å². The molecule has 92 valence electrons. The van der Waals surface area contributed by atoms with Gasteiger partial charge in [-0.1, -0.05) is 0 Å². The average Bonchev–Trinajstić information content (AvgIpc) is 2.29. The first kappa shape index (κ1) is 12.0. The number of nitrogens with zero attached hydrogens (tertiary/aromatic N) is 1. The molecule has 1 aromatic rings. The maximum atomic E-state index is 13.9. The number of halogens is 1. The third kappa shape index (κ3) is 2.31. The van der Waals surface area contributed by atoms with E-state index in [0.717, 1.165) is 0 Å². The fraction of sp³-hybridized carbons (Fsp3) is 0.462. The Morgan fingerprint density at radius 2 is 2.24 bits per heavy atom. The van der Waals surface area contributed by atoms with Crippen LogP contribution in [0.4, 0.5) is 10.1 Å². The smallest absolute Gasteiger partial charge is 0.150 e. The minimum atomic E-state index is -0.357. The molecule has 0 atom stereocenters. The molecule has 0 amide bonds. The van der Waals surface area contributed by atoms with E-state index in [4.69, 9.17) is 4.74 Å². The number of aldehydes is 1. The molecule has 0 saturated carbocycles. The van der Waals surface area contributed by atoms with Gasteiger partial charge in [0.05, 0.1) is 24.4 Å². The average molecular weight is 237 g/mol. The topological polar surface area (TPSA) is 29.5 Å². The van der Waals surface area contributed by atoms with Crippen LogP contribution in [-0.4, -0.2) is 31.6 Å². The molecule has 0 aliphatic carbocycles. The SMILES string of the molecule is CC1(C)COCCN1c1ccc(C=O)cc1F. The van der Waals surface area contributed by atoms with Crippen LogP contribution in [0.1, 0.15) is 24.2 Å².